The van der Waals surface area contributed by atoms with Crippen molar-refractivity contribution in [2.75, 3.05) is 44.6 Å². The average Bonchev–Trinajstić information content (AvgIpc) is 2.62. The number of hydrogen-bond acceptors (Lipinski definition) is 6. The van der Waals surface area contributed by atoms with Gasteiger partial charge in [-0.15, -0.1) is 0 Å². The molecule has 8 nitrogen and oxygen atoms in total. The molecular weight excluding hydrogens is 310 g/mol. The Morgan fingerprint density at radius 3 is 2.58 bits per heavy atom. The van der Waals surface area contributed by atoms with Crippen molar-refractivity contribution in [2.45, 2.75) is 26.7 Å². The van der Waals surface area contributed by atoms with Crippen molar-refractivity contribution in [3.63, 3.8) is 0 Å². The third-order valence-corrected chi connectivity index (χ3v) is 3.78. The Hall–Kier alpha value is -2.38. The van der Waals surface area contributed by atoms with E-state index in [1.165, 1.54) is 0 Å². The number of carbonyl (C=O) groups is 2. The van der Waals surface area contributed by atoms with Gasteiger partial charge in [0.2, 0.25) is 5.95 Å². The average molecular weight is 335 g/mol. The second-order valence-electron chi connectivity index (χ2n) is 5.52. The Balaban J connectivity index is 1.90. The predicted molar refractivity (Wildman–Crippen MR) is 89.9 cm³/mol. The predicted octanol–water partition coefficient (Wildman–Crippen LogP) is 1.60. The van der Waals surface area contributed by atoms with Crippen LogP contribution in [-0.4, -0.2) is 71.1 Å². The summed E-state index contributed by atoms with van der Waals surface area (Å²) >= 11 is 0. The molecular formula is C16H25N5O3. The number of anilines is 1. The van der Waals surface area contributed by atoms with Crippen molar-refractivity contribution in [3.8, 4) is 0 Å². The van der Waals surface area contributed by atoms with Gasteiger partial charge in [-0.2, -0.15) is 0 Å². The lowest BCUT2D eigenvalue weighted by Gasteiger charge is -2.33. The number of piperazine rings is 1. The quantitative estimate of drug-likeness (QED) is 0.795. The second kappa shape index (κ2) is 9.05. The van der Waals surface area contributed by atoms with E-state index in [9.17, 15) is 9.59 Å². The zero-order valence-corrected chi connectivity index (χ0v) is 14.3. The van der Waals surface area contributed by atoms with Gasteiger partial charge in [0, 0.05) is 38.9 Å². The molecule has 1 aliphatic rings. The van der Waals surface area contributed by atoms with Gasteiger partial charge in [0.05, 0.1) is 6.61 Å². The van der Waals surface area contributed by atoms with Crippen LogP contribution in [0.2, 0.25) is 0 Å². The minimum atomic E-state index is -0.325. The van der Waals surface area contributed by atoms with E-state index in [0.717, 1.165) is 19.4 Å². The molecule has 0 aliphatic carbocycles. The molecule has 1 aliphatic heterocycles. The van der Waals surface area contributed by atoms with E-state index in [-0.39, 0.29) is 12.0 Å². The maximum Gasteiger partial charge on any atom is 0.409 e. The highest BCUT2D eigenvalue weighted by Crippen LogP contribution is 2.09. The van der Waals surface area contributed by atoms with Gasteiger partial charge in [-0.25, -0.2) is 14.8 Å². The third-order valence-electron chi connectivity index (χ3n) is 3.78. The van der Waals surface area contributed by atoms with Crippen molar-refractivity contribution in [3.05, 3.63) is 18.0 Å². The number of carbonyl (C=O) groups excluding carboxylic acids is 2. The molecule has 0 atom stereocenters. The first-order valence-electron chi connectivity index (χ1n) is 8.43. The molecule has 1 aromatic rings. The van der Waals surface area contributed by atoms with E-state index >= 15 is 0 Å². The van der Waals surface area contributed by atoms with Crippen LogP contribution in [0.4, 0.5) is 10.7 Å². The van der Waals surface area contributed by atoms with Gasteiger partial charge in [0.25, 0.3) is 5.91 Å². The number of rotatable bonds is 6. The van der Waals surface area contributed by atoms with Crippen LogP contribution in [0.1, 0.15) is 37.2 Å². The smallest absolute Gasteiger partial charge is 0.409 e. The van der Waals surface area contributed by atoms with Crippen LogP contribution >= 0.6 is 0 Å². The Labute approximate surface area is 142 Å². The fourth-order valence-corrected chi connectivity index (χ4v) is 2.41. The van der Waals surface area contributed by atoms with Crippen LogP contribution in [0, 0.1) is 0 Å². The molecule has 0 saturated carbocycles. The van der Waals surface area contributed by atoms with Gasteiger partial charge < -0.3 is 19.9 Å². The first-order valence-corrected chi connectivity index (χ1v) is 8.43. The van der Waals surface area contributed by atoms with E-state index in [0.29, 0.717) is 44.4 Å². The summed E-state index contributed by atoms with van der Waals surface area (Å²) in [6.07, 6.45) is 3.37. The van der Waals surface area contributed by atoms with Gasteiger partial charge in [-0.05, 0) is 19.4 Å². The SMILES string of the molecule is CCCCNc1nccc(C(=O)N2CCN(C(=O)OCC)CC2)n1. The lowest BCUT2D eigenvalue weighted by atomic mass is 10.3. The van der Waals surface area contributed by atoms with Crippen LogP contribution in [0.25, 0.3) is 0 Å². The molecule has 0 unspecified atom stereocenters. The van der Waals surface area contributed by atoms with Crippen molar-refractivity contribution < 1.29 is 14.3 Å². The number of nitrogens with one attached hydrogen (secondary N) is 1. The van der Waals surface area contributed by atoms with E-state index in [4.69, 9.17) is 4.74 Å². The minimum Gasteiger partial charge on any atom is -0.450 e. The Bertz CT molecular complexity index is 558. The molecule has 1 N–H and O–H groups in total. The molecule has 132 valence electrons. The van der Waals surface area contributed by atoms with E-state index < -0.39 is 0 Å². The van der Waals surface area contributed by atoms with Crippen molar-refractivity contribution in [2.24, 2.45) is 0 Å². The highest BCUT2D eigenvalue weighted by atomic mass is 16.6. The molecule has 8 heteroatoms. The summed E-state index contributed by atoms with van der Waals surface area (Å²) < 4.78 is 4.98. The van der Waals surface area contributed by atoms with Crippen LogP contribution in [-0.2, 0) is 4.74 Å². The molecule has 2 heterocycles. The number of hydrogen-bond donors (Lipinski definition) is 1. The lowest BCUT2D eigenvalue weighted by Crippen LogP contribution is -2.50. The van der Waals surface area contributed by atoms with Crippen molar-refractivity contribution in [1.29, 1.82) is 0 Å². The van der Waals surface area contributed by atoms with Crippen LogP contribution in [0.3, 0.4) is 0 Å². The summed E-state index contributed by atoms with van der Waals surface area (Å²) in [6.45, 7) is 6.91. The number of nitrogens with zero attached hydrogens (tertiary/aromatic N) is 4. The largest absolute Gasteiger partial charge is 0.450 e. The van der Waals surface area contributed by atoms with Crippen molar-refractivity contribution in [1.82, 2.24) is 19.8 Å². The lowest BCUT2D eigenvalue weighted by molar-refractivity contribution is 0.0566. The summed E-state index contributed by atoms with van der Waals surface area (Å²) in [7, 11) is 0. The molecule has 2 amide bonds. The van der Waals surface area contributed by atoms with Gasteiger partial charge in [0.1, 0.15) is 5.69 Å². The Kier molecular flexibility index (Phi) is 6.77. The zero-order chi connectivity index (χ0) is 17.4. The number of ether oxygens (including phenoxy) is 1. The van der Waals surface area contributed by atoms with Gasteiger partial charge in [-0.1, -0.05) is 13.3 Å². The fraction of sp³-hybridized carbons (Fsp3) is 0.625. The number of unbranched alkanes of at least 4 members (excludes halogenated alkanes) is 1. The van der Waals surface area contributed by atoms with E-state index in [1.54, 1.807) is 29.0 Å². The molecule has 1 aromatic heterocycles. The van der Waals surface area contributed by atoms with E-state index in [2.05, 4.69) is 22.2 Å². The molecule has 0 spiro atoms. The third kappa shape index (κ3) is 4.81. The summed E-state index contributed by atoms with van der Waals surface area (Å²) in [5.41, 5.74) is 0.369. The molecule has 1 fully saturated rings. The van der Waals surface area contributed by atoms with E-state index in [1.807, 2.05) is 0 Å². The van der Waals surface area contributed by atoms with Gasteiger partial charge >= 0.3 is 6.09 Å². The molecule has 0 radical (unpaired) electrons. The number of aromatic nitrogens is 2. The van der Waals surface area contributed by atoms with Crippen LogP contribution < -0.4 is 5.32 Å². The molecule has 24 heavy (non-hydrogen) atoms. The highest BCUT2D eigenvalue weighted by molar-refractivity contribution is 5.92. The second-order valence-corrected chi connectivity index (χ2v) is 5.52. The molecule has 1 saturated heterocycles. The Morgan fingerprint density at radius 2 is 1.92 bits per heavy atom. The first kappa shape index (κ1) is 18.0. The first-order chi connectivity index (χ1) is 11.7. The fourth-order valence-electron chi connectivity index (χ4n) is 2.41. The van der Waals surface area contributed by atoms with Crippen LogP contribution in [0.15, 0.2) is 12.3 Å². The van der Waals surface area contributed by atoms with Crippen molar-refractivity contribution >= 4 is 17.9 Å². The monoisotopic (exact) mass is 335 g/mol. The summed E-state index contributed by atoms with van der Waals surface area (Å²) in [5, 5.41) is 3.12. The zero-order valence-electron chi connectivity index (χ0n) is 14.3. The molecule has 2 rings (SSSR count). The minimum absolute atomic E-state index is 0.139. The Morgan fingerprint density at radius 1 is 1.21 bits per heavy atom. The van der Waals surface area contributed by atoms with Crippen LogP contribution in [0.5, 0.6) is 0 Å². The molecule has 0 aromatic carbocycles. The van der Waals surface area contributed by atoms with Gasteiger partial charge in [0.15, 0.2) is 0 Å². The summed E-state index contributed by atoms with van der Waals surface area (Å²) in [4.78, 5) is 36.0. The maximum atomic E-state index is 12.6. The summed E-state index contributed by atoms with van der Waals surface area (Å²) in [5.74, 6) is 0.332. The number of amides is 2. The standard InChI is InChI=1S/C16H25N5O3/c1-3-5-7-17-15-18-8-6-13(19-15)14(22)20-9-11-21(12-10-20)16(23)24-4-2/h6,8H,3-5,7,9-12H2,1-2H3,(H,17,18,19). The normalized spacial score (nSPS) is 14.4. The topological polar surface area (TPSA) is 87.7 Å². The highest BCUT2D eigenvalue weighted by Gasteiger charge is 2.26. The molecule has 0 bridgehead atoms. The summed E-state index contributed by atoms with van der Waals surface area (Å²) in [6, 6.07) is 1.62. The van der Waals surface area contributed by atoms with Gasteiger partial charge in [-0.3, -0.25) is 4.79 Å². The maximum absolute atomic E-state index is 12.6.